The van der Waals surface area contributed by atoms with Crippen LogP contribution in [0.5, 0.6) is 0 Å². The molecule has 7 nitrogen and oxygen atoms in total. The zero-order valence-corrected chi connectivity index (χ0v) is 15.7. The Balaban J connectivity index is 0.00000243. The fraction of sp³-hybridized carbons (Fsp3) is 0.444. The van der Waals surface area contributed by atoms with Crippen LogP contribution in [0, 0.1) is 0 Å². The highest BCUT2D eigenvalue weighted by atomic mass is 35.5. The molecule has 0 unspecified atom stereocenters. The molecule has 0 atom stereocenters. The summed E-state index contributed by atoms with van der Waals surface area (Å²) in [6, 6.07) is 7.71. The number of halogens is 1. The molecule has 2 heterocycles. The number of aromatic nitrogens is 1. The molecule has 1 aromatic heterocycles. The molecular weight excluding hydrogens is 356 g/mol. The largest absolute Gasteiger partial charge is 0.378 e. The first kappa shape index (κ1) is 20.2. The quantitative estimate of drug-likeness (QED) is 0.795. The van der Waals surface area contributed by atoms with E-state index < -0.39 is 0 Å². The number of morpholine rings is 1. The lowest BCUT2D eigenvalue weighted by Crippen LogP contribution is -2.42. The predicted molar refractivity (Wildman–Crippen MR) is 104 cm³/mol. The van der Waals surface area contributed by atoms with E-state index >= 15 is 0 Å². The molecule has 2 N–H and O–H groups in total. The lowest BCUT2D eigenvalue weighted by atomic mass is 10.2. The Morgan fingerprint density at radius 1 is 1.19 bits per heavy atom. The first-order valence-electron chi connectivity index (χ1n) is 8.56. The minimum absolute atomic E-state index is 0. The minimum atomic E-state index is -0.0179. The van der Waals surface area contributed by atoms with Crippen LogP contribution >= 0.6 is 12.4 Å². The van der Waals surface area contributed by atoms with Crippen LogP contribution in [0.25, 0.3) is 10.9 Å². The van der Waals surface area contributed by atoms with Gasteiger partial charge >= 0.3 is 0 Å². The van der Waals surface area contributed by atoms with Crippen molar-refractivity contribution < 1.29 is 14.3 Å². The smallest absolute Gasteiger partial charge is 0.242 e. The van der Waals surface area contributed by atoms with Crippen LogP contribution < -0.4 is 10.6 Å². The van der Waals surface area contributed by atoms with Crippen LogP contribution in [0.2, 0.25) is 0 Å². The highest BCUT2D eigenvalue weighted by Crippen LogP contribution is 2.21. The van der Waals surface area contributed by atoms with Crippen molar-refractivity contribution in [1.29, 1.82) is 0 Å². The Kier molecular flexibility index (Phi) is 7.44. The fourth-order valence-corrected chi connectivity index (χ4v) is 2.94. The second-order valence-corrected chi connectivity index (χ2v) is 6.11. The predicted octanol–water partition coefficient (Wildman–Crippen LogP) is 1.47. The van der Waals surface area contributed by atoms with Crippen LogP contribution in [0.3, 0.4) is 0 Å². The molecule has 1 aliphatic rings. The molecule has 1 fully saturated rings. The first-order valence-corrected chi connectivity index (χ1v) is 8.56. The summed E-state index contributed by atoms with van der Waals surface area (Å²) in [4.78, 5) is 26.1. The van der Waals surface area contributed by atoms with Crippen LogP contribution in [0.4, 0.5) is 5.69 Å². The van der Waals surface area contributed by atoms with Gasteiger partial charge in [-0.3, -0.25) is 9.59 Å². The van der Waals surface area contributed by atoms with Crippen molar-refractivity contribution >= 4 is 40.8 Å². The van der Waals surface area contributed by atoms with Crippen molar-refractivity contribution in [3.8, 4) is 0 Å². The average molecular weight is 381 g/mol. The van der Waals surface area contributed by atoms with E-state index in [4.69, 9.17) is 4.74 Å². The van der Waals surface area contributed by atoms with Crippen molar-refractivity contribution in [3.63, 3.8) is 0 Å². The molecule has 1 saturated heterocycles. The van der Waals surface area contributed by atoms with Crippen LogP contribution in [0.1, 0.15) is 6.42 Å². The highest BCUT2D eigenvalue weighted by molar-refractivity contribution is 5.94. The third-order valence-electron chi connectivity index (χ3n) is 4.33. The van der Waals surface area contributed by atoms with Gasteiger partial charge in [-0.15, -0.1) is 12.4 Å². The topological polar surface area (TPSA) is 75.6 Å². The fourth-order valence-electron chi connectivity index (χ4n) is 2.94. The monoisotopic (exact) mass is 380 g/mol. The van der Waals surface area contributed by atoms with Gasteiger partial charge < -0.3 is 24.8 Å². The molecule has 3 rings (SSSR count). The number of hydrogen-bond acceptors (Lipinski definition) is 4. The summed E-state index contributed by atoms with van der Waals surface area (Å²) in [5, 5.41) is 6.85. The number of carbonyl (C=O) groups is 2. The number of ether oxygens (including phenoxy) is 1. The maximum absolute atomic E-state index is 12.4. The minimum Gasteiger partial charge on any atom is -0.378 e. The zero-order chi connectivity index (χ0) is 17.6. The molecule has 1 aromatic carbocycles. The molecule has 0 bridgehead atoms. The lowest BCUT2D eigenvalue weighted by molar-refractivity contribution is -0.135. The SMILES string of the molecule is CNCCC(=O)Nc1ccc2c(ccn2CC(=O)N2CCOCC2)c1.Cl. The Bertz CT molecular complexity index is 756. The lowest BCUT2D eigenvalue weighted by Gasteiger charge is -2.27. The van der Waals surface area contributed by atoms with E-state index in [9.17, 15) is 9.59 Å². The Hall–Kier alpha value is -2.09. The summed E-state index contributed by atoms with van der Waals surface area (Å²) < 4.78 is 7.23. The number of amides is 2. The number of benzene rings is 1. The average Bonchev–Trinajstić information content (AvgIpc) is 3.02. The molecule has 142 valence electrons. The molecule has 0 saturated carbocycles. The molecule has 2 aromatic rings. The van der Waals surface area contributed by atoms with E-state index in [1.807, 2.05) is 47.0 Å². The van der Waals surface area contributed by atoms with Gasteiger partial charge in [0.1, 0.15) is 6.54 Å². The van der Waals surface area contributed by atoms with Crippen LogP contribution in [-0.4, -0.2) is 61.2 Å². The van der Waals surface area contributed by atoms with Crippen molar-refractivity contribution in [3.05, 3.63) is 30.5 Å². The van der Waals surface area contributed by atoms with Gasteiger partial charge in [-0.1, -0.05) is 0 Å². The summed E-state index contributed by atoms with van der Waals surface area (Å²) in [5.74, 6) is 0.0841. The number of anilines is 1. The molecule has 26 heavy (non-hydrogen) atoms. The van der Waals surface area contributed by atoms with E-state index in [1.54, 1.807) is 0 Å². The number of rotatable bonds is 6. The van der Waals surface area contributed by atoms with Gasteiger partial charge in [-0.05, 0) is 31.3 Å². The number of carbonyl (C=O) groups excluding carboxylic acids is 2. The second-order valence-electron chi connectivity index (χ2n) is 6.11. The van der Waals surface area contributed by atoms with Gasteiger partial charge in [0.25, 0.3) is 0 Å². The van der Waals surface area contributed by atoms with Gasteiger partial charge in [0.2, 0.25) is 11.8 Å². The Morgan fingerprint density at radius 3 is 2.69 bits per heavy atom. The molecular formula is C18H25ClN4O3. The molecule has 8 heteroatoms. The maximum atomic E-state index is 12.4. The molecule has 0 aliphatic carbocycles. The van der Waals surface area contributed by atoms with Crippen molar-refractivity contribution in [2.24, 2.45) is 0 Å². The van der Waals surface area contributed by atoms with Gasteiger partial charge in [-0.25, -0.2) is 0 Å². The summed E-state index contributed by atoms with van der Waals surface area (Å²) in [5.41, 5.74) is 1.75. The summed E-state index contributed by atoms with van der Waals surface area (Å²) >= 11 is 0. The third-order valence-corrected chi connectivity index (χ3v) is 4.33. The number of nitrogens with zero attached hydrogens (tertiary/aromatic N) is 2. The molecule has 1 aliphatic heterocycles. The van der Waals surface area contributed by atoms with Gasteiger partial charge in [0, 0.05) is 48.8 Å². The molecule has 2 amide bonds. The van der Waals surface area contributed by atoms with E-state index in [1.165, 1.54) is 0 Å². The summed E-state index contributed by atoms with van der Waals surface area (Å²) in [6.45, 7) is 3.48. The molecule has 0 spiro atoms. The van der Waals surface area contributed by atoms with E-state index in [2.05, 4.69) is 10.6 Å². The first-order chi connectivity index (χ1) is 12.2. The third kappa shape index (κ3) is 4.97. The Morgan fingerprint density at radius 2 is 1.96 bits per heavy atom. The van der Waals surface area contributed by atoms with E-state index in [-0.39, 0.29) is 24.2 Å². The van der Waals surface area contributed by atoms with Crippen molar-refractivity contribution in [1.82, 2.24) is 14.8 Å². The van der Waals surface area contributed by atoms with Crippen molar-refractivity contribution in [2.75, 3.05) is 45.2 Å². The standard InChI is InChI=1S/C18H24N4O3.ClH/c1-19-6-4-17(23)20-15-2-3-16-14(12-15)5-7-22(16)13-18(24)21-8-10-25-11-9-21;/h2-3,5,7,12,19H,4,6,8-11,13H2,1H3,(H,20,23);1H. The maximum Gasteiger partial charge on any atom is 0.242 e. The number of fused-ring (bicyclic) bond motifs is 1. The highest BCUT2D eigenvalue weighted by Gasteiger charge is 2.17. The number of nitrogens with one attached hydrogen (secondary N) is 2. The van der Waals surface area contributed by atoms with Crippen molar-refractivity contribution in [2.45, 2.75) is 13.0 Å². The Labute approximate surface area is 159 Å². The van der Waals surface area contributed by atoms with E-state index in [0.717, 1.165) is 16.6 Å². The zero-order valence-electron chi connectivity index (χ0n) is 14.9. The second kappa shape index (κ2) is 9.56. The normalized spacial score (nSPS) is 14.1. The van der Waals surface area contributed by atoms with Gasteiger partial charge in [0.15, 0.2) is 0 Å². The van der Waals surface area contributed by atoms with Crippen LogP contribution in [-0.2, 0) is 20.9 Å². The number of hydrogen-bond donors (Lipinski definition) is 2. The van der Waals surface area contributed by atoms with E-state index in [0.29, 0.717) is 45.8 Å². The summed E-state index contributed by atoms with van der Waals surface area (Å²) in [7, 11) is 1.82. The van der Waals surface area contributed by atoms with Gasteiger partial charge in [-0.2, -0.15) is 0 Å². The summed E-state index contributed by atoms with van der Waals surface area (Å²) in [6.07, 6.45) is 2.35. The molecule has 0 radical (unpaired) electrons. The van der Waals surface area contributed by atoms with Gasteiger partial charge in [0.05, 0.1) is 13.2 Å². The van der Waals surface area contributed by atoms with Crippen LogP contribution in [0.15, 0.2) is 30.5 Å².